The first kappa shape index (κ1) is 16.2. The van der Waals surface area contributed by atoms with E-state index in [1.807, 2.05) is 32.8 Å². The summed E-state index contributed by atoms with van der Waals surface area (Å²) in [5.74, 6) is -0.169. The van der Waals surface area contributed by atoms with E-state index < -0.39 is 6.10 Å². The summed E-state index contributed by atoms with van der Waals surface area (Å²) < 4.78 is 0. The molecule has 2 amide bonds. The Balaban J connectivity index is 2.03. The lowest BCUT2D eigenvalue weighted by Crippen LogP contribution is -2.45. The van der Waals surface area contributed by atoms with Crippen LogP contribution in [0.5, 0.6) is 0 Å². The predicted octanol–water partition coefficient (Wildman–Crippen LogP) is -0.233. The number of carbonyl (C=O) groups is 2. The number of carbonyl (C=O) groups excluding carboxylic acids is 2. The standard InChI is InChI=1S/C15H27N3O3/c1-10(2)17-7-11(5-14(17)20)15(21)18-9-13(19)6-12(18)8-16(3)4/h10-13,19H,5-9H2,1-4H3. The zero-order chi connectivity index (χ0) is 15.7. The maximum Gasteiger partial charge on any atom is 0.228 e. The van der Waals surface area contributed by atoms with E-state index in [0.29, 0.717) is 25.9 Å². The maximum absolute atomic E-state index is 12.7. The number of β-amino-alcohol motifs (C(OH)–C–C–N with tert-alkyl or cyclic N) is 1. The smallest absolute Gasteiger partial charge is 0.228 e. The highest BCUT2D eigenvalue weighted by Crippen LogP contribution is 2.26. The number of hydrogen-bond acceptors (Lipinski definition) is 4. The number of rotatable bonds is 4. The monoisotopic (exact) mass is 297 g/mol. The molecule has 0 aliphatic carbocycles. The second-order valence-corrected chi connectivity index (χ2v) is 6.84. The second kappa shape index (κ2) is 6.32. The van der Waals surface area contributed by atoms with Crippen molar-refractivity contribution in [1.29, 1.82) is 0 Å². The Morgan fingerprint density at radius 3 is 2.57 bits per heavy atom. The number of likely N-dealkylation sites (tertiary alicyclic amines) is 2. The molecule has 0 aromatic rings. The first-order valence-electron chi connectivity index (χ1n) is 7.72. The van der Waals surface area contributed by atoms with E-state index in [1.54, 1.807) is 9.80 Å². The number of nitrogens with zero attached hydrogens (tertiary/aromatic N) is 3. The second-order valence-electron chi connectivity index (χ2n) is 6.84. The van der Waals surface area contributed by atoms with Crippen molar-refractivity contribution in [3.8, 4) is 0 Å². The normalized spacial score (nSPS) is 30.0. The molecule has 1 N–H and O–H groups in total. The van der Waals surface area contributed by atoms with Gasteiger partial charge >= 0.3 is 0 Å². The Labute approximate surface area is 126 Å². The van der Waals surface area contributed by atoms with Crippen LogP contribution in [-0.4, -0.2) is 83.5 Å². The van der Waals surface area contributed by atoms with Crippen molar-refractivity contribution in [2.75, 3.05) is 33.7 Å². The van der Waals surface area contributed by atoms with E-state index in [0.717, 1.165) is 6.54 Å². The third-order valence-electron chi connectivity index (χ3n) is 4.38. The van der Waals surface area contributed by atoms with Crippen LogP contribution in [0.25, 0.3) is 0 Å². The largest absolute Gasteiger partial charge is 0.391 e. The topological polar surface area (TPSA) is 64.1 Å². The minimum Gasteiger partial charge on any atom is -0.391 e. The van der Waals surface area contributed by atoms with Crippen LogP contribution in [0.2, 0.25) is 0 Å². The average molecular weight is 297 g/mol. The van der Waals surface area contributed by atoms with Crippen LogP contribution in [0.15, 0.2) is 0 Å². The lowest BCUT2D eigenvalue weighted by atomic mass is 10.1. The average Bonchev–Trinajstić information content (AvgIpc) is 2.91. The molecule has 3 atom stereocenters. The van der Waals surface area contributed by atoms with Gasteiger partial charge in [0.2, 0.25) is 11.8 Å². The molecule has 0 radical (unpaired) electrons. The van der Waals surface area contributed by atoms with Gasteiger partial charge in [-0.25, -0.2) is 0 Å². The number of aliphatic hydroxyl groups is 1. The molecule has 3 unspecified atom stereocenters. The first-order valence-corrected chi connectivity index (χ1v) is 7.72. The molecule has 6 heteroatoms. The molecule has 2 saturated heterocycles. The summed E-state index contributed by atoms with van der Waals surface area (Å²) in [5.41, 5.74) is 0. The molecule has 2 aliphatic rings. The van der Waals surface area contributed by atoms with Gasteiger partial charge in [0.15, 0.2) is 0 Å². The van der Waals surface area contributed by atoms with Gasteiger partial charge in [0.25, 0.3) is 0 Å². The van der Waals surface area contributed by atoms with Crippen molar-refractivity contribution >= 4 is 11.8 Å². The zero-order valence-corrected chi connectivity index (χ0v) is 13.5. The summed E-state index contributed by atoms with van der Waals surface area (Å²) in [5, 5.41) is 9.88. The molecule has 2 aliphatic heterocycles. The van der Waals surface area contributed by atoms with Crippen LogP contribution in [0.4, 0.5) is 0 Å². The third kappa shape index (κ3) is 3.55. The molecule has 120 valence electrons. The first-order chi connectivity index (χ1) is 9.79. The zero-order valence-electron chi connectivity index (χ0n) is 13.5. The summed E-state index contributed by atoms with van der Waals surface area (Å²) in [6.45, 7) is 5.59. The molecular weight excluding hydrogens is 270 g/mol. The van der Waals surface area contributed by atoms with Gasteiger partial charge in [0, 0.05) is 38.1 Å². The van der Waals surface area contributed by atoms with E-state index in [4.69, 9.17) is 0 Å². The Hall–Kier alpha value is -1.14. The van der Waals surface area contributed by atoms with Crippen LogP contribution in [0, 0.1) is 5.92 Å². The molecule has 0 bridgehead atoms. The third-order valence-corrected chi connectivity index (χ3v) is 4.38. The molecule has 0 aromatic carbocycles. The Morgan fingerprint density at radius 2 is 2.05 bits per heavy atom. The number of aliphatic hydroxyl groups excluding tert-OH is 1. The molecule has 21 heavy (non-hydrogen) atoms. The maximum atomic E-state index is 12.7. The van der Waals surface area contributed by atoms with E-state index in [1.165, 1.54) is 0 Å². The summed E-state index contributed by atoms with van der Waals surface area (Å²) in [4.78, 5) is 30.3. The number of likely N-dealkylation sites (N-methyl/N-ethyl adjacent to an activating group) is 1. The Bertz CT molecular complexity index is 411. The molecule has 2 heterocycles. The van der Waals surface area contributed by atoms with E-state index in [9.17, 15) is 14.7 Å². The molecule has 0 aromatic heterocycles. The van der Waals surface area contributed by atoms with Crippen LogP contribution in [0.1, 0.15) is 26.7 Å². The van der Waals surface area contributed by atoms with Gasteiger partial charge in [-0.05, 0) is 34.4 Å². The van der Waals surface area contributed by atoms with Gasteiger partial charge in [0.1, 0.15) is 0 Å². The molecule has 0 saturated carbocycles. The number of hydrogen-bond donors (Lipinski definition) is 1. The van der Waals surface area contributed by atoms with Gasteiger partial charge < -0.3 is 19.8 Å². The van der Waals surface area contributed by atoms with Gasteiger partial charge in [-0.2, -0.15) is 0 Å². The summed E-state index contributed by atoms with van der Waals surface area (Å²) in [6, 6.07) is 0.183. The SMILES string of the molecule is CC(C)N1CC(C(=O)N2CC(O)CC2CN(C)C)CC1=O. The molecule has 2 rings (SSSR count). The van der Waals surface area contributed by atoms with E-state index >= 15 is 0 Å². The van der Waals surface area contributed by atoms with Crippen LogP contribution in [-0.2, 0) is 9.59 Å². The van der Waals surface area contributed by atoms with Crippen molar-refractivity contribution in [2.45, 2.75) is 44.9 Å². The van der Waals surface area contributed by atoms with Gasteiger partial charge in [-0.15, -0.1) is 0 Å². The predicted molar refractivity (Wildman–Crippen MR) is 79.6 cm³/mol. The fourth-order valence-corrected chi connectivity index (χ4v) is 3.39. The van der Waals surface area contributed by atoms with Crippen LogP contribution >= 0.6 is 0 Å². The minimum absolute atomic E-state index is 0.0231. The lowest BCUT2D eigenvalue weighted by Gasteiger charge is -2.29. The molecule has 2 fully saturated rings. The van der Waals surface area contributed by atoms with Crippen molar-refractivity contribution in [2.24, 2.45) is 5.92 Å². The highest BCUT2D eigenvalue weighted by Gasteiger charge is 2.42. The van der Waals surface area contributed by atoms with Crippen molar-refractivity contribution in [3.63, 3.8) is 0 Å². The van der Waals surface area contributed by atoms with Crippen LogP contribution in [0.3, 0.4) is 0 Å². The quantitative estimate of drug-likeness (QED) is 0.778. The Kier molecular flexibility index (Phi) is 4.88. The fourth-order valence-electron chi connectivity index (χ4n) is 3.39. The van der Waals surface area contributed by atoms with Crippen molar-refractivity contribution in [3.05, 3.63) is 0 Å². The van der Waals surface area contributed by atoms with Crippen molar-refractivity contribution in [1.82, 2.24) is 14.7 Å². The molecule has 6 nitrogen and oxygen atoms in total. The lowest BCUT2D eigenvalue weighted by molar-refractivity contribution is -0.137. The summed E-state index contributed by atoms with van der Waals surface area (Å²) >= 11 is 0. The highest BCUT2D eigenvalue weighted by molar-refractivity contribution is 5.89. The summed E-state index contributed by atoms with van der Waals surface area (Å²) in [7, 11) is 3.93. The minimum atomic E-state index is -0.447. The highest BCUT2D eigenvalue weighted by atomic mass is 16.3. The van der Waals surface area contributed by atoms with Gasteiger partial charge in [0.05, 0.1) is 12.0 Å². The van der Waals surface area contributed by atoms with E-state index in [-0.39, 0.29) is 29.8 Å². The Morgan fingerprint density at radius 1 is 1.38 bits per heavy atom. The molecular formula is C15H27N3O3. The van der Waals surface area contributed by atoms with Gasteiger partial charge in [-0.3, -0.25) is 9.59 Å². The van der Waals surface area contributed by atoms with Crippen molar-refractivity contribution < 1.29 is 14.7 Å². The van der Waals surface area contributed by atoms with Gasteiger partial charge in [-0.1, -0.05) is 0 Å². The fraction of sp³-hybridized carbons (Fsp3) is 0.867. The number of amides is 2. The summed E-state index contributed by atoms with van der Waals surface area (Å²) in [6.07, 6.45) is 0.480. The van der Waals surface area contributed by atoms with Crippen LogP contribution < -0.4 is 0 Å². The molecule has 0 spiro atoms. The van der Waals surface area contributed by atoms with E-state index in [2.05, 4.69) is 0 Å².